The molecule has 1 aromatic rings. The van der Waals surface area contributed by atoms with Crippen molar-refractivity contribution >= 4 is 11.9 Å². The molecule has 0 aliphatic rings. The number of aromatic carboxylic acids is 2. The second-order valence-electron chi connectivity index (χ2n) is 6.60. The van der Waals surface area contributed by atoms with Crippen molar-refractivity contribution < 1.29 is 55.2 Å². The zero-order valence-electron chi connectivity index (χ0n) is 15.8. The van der Waals surface area contributed by atoms with Gasteiger partial charge in [0.2, 0.25) is 0 Å². The van der Waals surface area contributed by atoms with Crippen LogP contribution in [0.3, 0.4) is 0 Å². The lowest BCUT2D eigenvalue weighted by molar-refractivity contribution is -0.103. The van der Waals surface area contributed by atoms with Gasteiger partial charge in [0.15, 0.2) is 0 Å². The lowest BCUT2D eigenvalue weighted by Gasteiger charge is -2.31. The van der Waals surface area contributed by atoms with Gasteiger partial charge in [-0.3, -0.25) is 0 Å². The molecule has 11 nitrogen and oxygen atoms in total. The zero-order chi connectivity index (χ0) is 22.5. The van der Waals surface area contributed by atoms with Gasteiger partial charge in [0.1, 0.15) is 0 Å². The summed E-state index contributed by atoms with van der Waals surface area (Å²) in [5, 5.41) is 71.3. The number of aliphatic hydroxyl groups excluding tert-OH is 6. The molecule has 0 atom stereocenters. The maximum atomic E-state index is 10.5. The van der Waals surface area contributed by atoms with Crippen LogP contribution in [0, 0.1) is 10.8 Å². The Morgan fingerprint density at radius 2 is 0.931 bits per heavy atom. The number of ether oxygens (including phenoxy) is 1. The second-order valence-corrected chi connectivity index (χ2v) is 6.60. The zero-order valence-corrected chi connectivity index (χ0v) is 15.8. The van der Waals surface area contributed by atoms with Crippen LogP contribution < -0.4 is 0 Å². The Bertz CT molecular complexity index is 554. The van der Waals surface area contributed by atoms with Crippen molar-refractivity contribution in [2.24, 2.45) is 10.8 Å². The Kier molecular flexibility index (Phi) is 12.2. The Hall–Kier alpha value is -2.12. The quantitative estimate of drug-likeness (QED) is 0.186. The van der Waals surface area contributed by atoms with Crippen molar-refractivity contribution in [1.29, 1.82) is 0 Å². The van der Waals surface area contributed by atoms with Crippen LogP contribution >= 0.6 is 0 Å². The molecule has 0 radical (unpaired) electrons. The lowest BCUT2D eigenvalue weighted by Crippen LogP contribution is -2.43. The molecule has 0 fully saturated rings. The molecule has 0 aromatic heterocycles. The van der Waals surface area contributed by atoms with E-state index in [4.69, 9.17) is 45.6 Å². The van der Waals surface area contributed by atoms with Crippen molar-refractivity contribution in [3.05, 3.63) is 35.4 Å². The van der Waals surface area contributed by atoms with Gasteiger partial charge in [0, 0.05) is 0 Å². The molecule has 0 heterocycles. The van der Waals surface area contributed by atoms with Crippen LogP contribution in [0.25, 0.3) is 0 Å². The summed E-state index contributed by atoms with van der Waals surface area (Å²) < 4.78 is 5.15. The summed E-state index contributed by atoms with van der Waals surface area (Å²) in [5.41, 5.74) is -2.70. The third-order valence-corrected chi connectivity index (χ3v) is 4.22. The van der Waals surface area contributed by atoms with Gasteiger partial charge in [-0.05, 0) is 12.1 Å². The van der Waals surface area contributed by atoms with E-state index in [2.05, 4.69) is 0 Å². The predicted octanol–water partition coefficient (Wildman–Crippen LogP) is -1.99. The first-order valence-electron chi connectivity index (χ1n) is 8.49. The molecule has 0 spiro atoms. The summed E-state index contributed by atoms with van der Waals surface area (Å²) in [6.45, 7) is -3.01. The van der Waals surface area contributed by atoms with Gasteiger partial charge < -0.3 is 45.6 Å². The van der Waals surface area contributed by atoms with E-state index in [0.717, 1.165) is 0 Å². The normalized spacial score (nSPS) is 11.5. The van der Waals surface area contributed by atoms with Crippen LogP contribution in [-0.4, -0.2) is 106 Å². The van der Waals surface area contributed by atoms with E-state index in [0.29, 0.717) is 0 Å². The topological polar surface area (TPSA) is 205 Å². The fourth-order valence-electron chi connectivity index (χ4n) is 1.91. The molecule has 0 saturated carbocycles. The molecule has 0 bridgehead atoms. The highest BCUT2D eigenvalue weighted by atomic mass is 16.5. The summed E-state index contributed by atoms with van der Waals surface area (Å²) >= 11 is 0. The smallest absolute Gasteiger partial charge is 0.336 e. The van der Waals surface area contributed by atoms with Crippen molar-refractivity contribution in [2.75, 3.05) is 52.9 Å². The summed E-state index contributed by atoms with van der Waals surface area (Å²) in [6, 6.07) is 5.48. The number of carboxylic acids is 2. The molecule has 1 rings (SSSR count). The highest BCUT2D eigenvalue weighted by molar-refractivity contribution is 6.01. The first kappa shape index (κ1) is 26.9. The Balaban J connectivity index is 0.000000571. The number of hydrogen-bond acceptors (Lipinski definition) is 9. The van der Waals surface area contributed by atoms with Crippen LogP contribution in [0.2, 0.25) is 0 Å². The van der Waals surface area contributed by atoms with Crippen LogP contribution in [0.4, 0.5) is 0 Å². The van der Waals surface area contributed by atoms with Gasteiger partial charge in [-0.15, -0.1) is 0 Å². The van der Waals surface area contributed by atoms with Crippen molar-refractivity contribution in [3.63, 3.8) is 0 Å². The third kappa shape index (κ3) is 8.03. The number of hydrogen-bond donors (Lipinski definition) is 8. The predicted molar refractivity (Wildman–Crippen MR) is 98.6 cm³/mol. The van der Waals surface area contributed by atoms with E-state index in [1.54, 1.807) is 0 Å². The van der Waals surface area contributed by atoms with E-state index in [9.17, 15) is 9.59 Å². The summed E-state index contributed by atoms with van der Waals surface area (Å²) in [4.78, 5) is 20.9. The molecule has 8 N–H and O–H groups in total. The fraction of sp³-hybridized carbons (Fsp3) is 0.556. The van der Waals surface area contributed by atoms with Crippen LogP contribution in [-0.2, 0) is 4.74 Å². The number of carbonyl (C=O) groups is 2. The number of aliphatic hydroxyl groups is 6. The summed E-state index contributed by atoms with van der Waals surface area (Å²) in [6.07, 6.45) is 0. The Labute approximate surface area is 167 Å². The molecule has 11 heteroatoms. The van der Waals surface area contributed by atoms with E-state index in [-0.39, 0.29) is 24.3 Å². The second kappa shape index (κ2) is 13.2. The van der Waals surface area contributed by atoms with Gasteiger partial charge in [0.05, 0.1) is 74.8 Å². The third-order valence-electron chi connectivity index (χ3n) is 4.22. The van der Waals surface area contributed by atoms with Gasteiger partial charge in [-0.25, -0.2) is 9.59 Å². The van der Waals surface area contributed by atoms with E-state index < -0.39 is 62.4 Å². The maximum absolute atomic E-state index is 10.5. The standard InChI is InChI=1S/C10H22O7.C8H6O4/c11-1-9(2-12,3-13)7-17-8-10(4-14,5-15)6-16;9-7(10)5-3-1-2-4-6(5)8(11)12/h11-16H,1-8H2;1-4H,(H,9,10)(H,11,12). The molecular formula is C18H28O11. The highest BCUT2D eigenvalue weighted by Crippen LogP contribution is 2.19. The minimum atomic E-state index is -1.23. The van der Waals surface area contributed by atoms with Gasteiger partial charge >= 0.3 is 11.9 Å². The molecule has 166 valence electrons. The number of carboxylic acid groups (broad SMARTS) is 2. The molecule has 0 aliphatic carbocycles. The van der Waals surface area contributed by atoms with Gasteiger partial charge in [0.25, 0.3) is 0 Å². The molecule has 1 aromatic carbocycles. The fourth-order valence-corrected chi connectivity index (χ4v) is 1.91. The largest absolute Gasteiger partial charge is 0.478 e. The number of benzene rings is 1. The highest BCUT2D eigenvalue weighted by Gasteiger charge is 2.32. The van der Waals surface area contributed by atoms with Gasteiger partial charge in [-0.2, -0.15) is 0 Å². The van der Waals surface area contributed by atoms with Crippen molar-refractivity contribution in [3.8, 4) is 0 Å². The van der Waals surface area contributed by atoms with E-state index >= 15 is 0 Å². The van der Waals surface area contributed by atoms with Crippen molar-refractivity contribution in [1.82, 2.24) is 0 Å². The average Bonchev–Trinajstić information content (AvgIpc) is 2.75. The maximum Gasteiger partial charge on any atom is 0.336 e. The first-order chi connectivity index (χ1) is 13.7. The Morgan fingerprint density at radius 3 is 1.14 bits per heavy atom. The molecule has 0 saturated heterocycles. The average molecular weight is 420 g/mol. The molecular weight excluding hydrogens is 392 g/mol. The van der Waals surface area contributed by atoms with Crippen LogP contribution in [0.5, 0.6) is 0 Å². The minimum Gasteiger partial charge on any atom is -0.478 e. The SMILES string of the molecule is O=C(O)c1ccccc1C(=O)O.OCC(CO)(CO)COCC(CO)(CO)CO. The van der Waals surface area contributed by atoms with E-state index in [1.807, 2.05) is 0 Å². The lowest BCUT2D eigenvalue weighted by atomic mass is 9.91. The van der Waals surface area contributed by atoms with Crippen LogP contribution in [0.1, 0.15) is 20.7 Å². The van der Waals surface area contributed by atoms with Gasteiger partial charge in [-0.1, -0.05) is 12.1 Å². The molecule has 0 amide bonds. The minimum absolute atomic E-state index is 0.141. The van der Waals surface area contributed by atoms with Crippen molar-refractivity contribution in [2.45, 2.75) is 0 Å². The summed E-state index contributed by atoms with van der Waals surface area (Å²) in [7, 11) is 0. The molecule has 0 aliphatic heterocycles. The molecule has 0 unspecified atom stereocenters. The first-order valence-corrected chi connectivity index (χ1v) is 8.49. The Morgan fingerprint density at radius 1 is 0.655 bits per heavy atom. The van der Waals surface area contributed by atoms with Crippen LogP contribution in [0.15, 0.2) is 24.3 Å². The monoisotopic (exact) mass is 420 g/mol. The molecule has 29 heavy (non-hydrogen) atoms. The summed E-state index contributed by atoms with van der Waals surface area (Å²) in [5.74, 6) is -2.46. The van der Waals surface area contributed by atoms with E-state index in [1.165, 1.54) is 24.3 Å². The number of rotatable bonds is 12.